The number of carbonyl (C=O) groups is 1. The lowest BCUT2D eigenvalue weighted by molar-refractivity contribution is 0.0956. The van der Waals surface area contributed by atoms with Crippen LogP contribution in [-0.4, -0.2) is 32.4 Å². The normalized spacial score (nSPS) is 10.5. The van der Waals surface area contributed by atoms with E-state index in [1.54, 1.807) is 48.5 Å². The van der Waals surface area contributed by atoms with Gasteiger partial charge in [0.2, 0.25) is 0 Å². The summed E-state index contributed by atoms with van der Waals surface area (Å²) in [5.74, 6) is 0.513. The molecule has 7 heteroatoms. The minimum atomic E-state index is -0.131. The maximum absolute atomic E-state index is 12.1. The molecule has 25 heavy (non-hydrogen) atoms. The van der Waals surface area contributed by atoms with Crippen molar-refractivity contribution in [3.8, 4) is 17.0 Å². The highest BCUT2D eigenvalue weighted by molar-refractivity contribution is 5.95. The molecular formula is C18H19N5O2. The predicted octanol–water partition coefficient (Wildman–Crippen LogP) is 2.21. The molecular weight excluding hydrogens is 318 g/mol. The van der Waals surface area contributed by atoms with Gasteiger partial charge in [-0.05, 0) is 42.8 Å². The minimum absolute atomic E-state index is 0.131. The Morgan fingerprint density at radius 3 is 2.72 bits per heavy atom. The topological polar surface area (TPSA) is 81.9 Å². The molecule has 0 fully saturated rings. The smallest absolute Gasteiger partial charge is 0.251 e. The van der Waals surface area contributed by atoms with Gasteiger partial charge in [-0.15, -0.1) is 5.10 Å². The SMILES string of the molecule is CCNC(=O)c1ccc(OCc2ccncc2)c(-c2cn(C)nn2)c1. The maximum atomic E-state index is 12.1. The first-order valence-corrected chi connectivity index (χ1v) is 7.98. The van der Waals surface area contributed by atoms with Crippen LogP contribution in [-0.2, 0) is 13.7 Å². The summed E-state index contributed by atoms with van der Waals surface area (Å²) in [6.45, 7) is 2.85. The number of carbonyl (C=O) groups excluding carboxylic acids is 1. The van der Waals surface area contributed by atoms with E-state index < -0.39 is 0 Å². The molecule has 0 aliphatic heterocycles. The number of hydrogen-bond donors (Lipinski definition) is 1. The van der Waals surface area contributed by atoms with Crippen LogP contribution in [0.25, 0.3) is 11.3 Å². The van der Waals surface area contributed by atoms with E-state index >= 15 is 0 Å². The van der Waals surface area contributed by atoms with E-state index in [4.69, 9.17) is 4.74 Å². The lowest BCUT2D eigenvalue weighted by Gasteiger charge is -2.12. The van der Waals surface area contributed by atoms with Gasteiger partial charge in [0.1, 0.15) is 18.1 Å². The summed E-state index contributed by atoms with van der Waals surface area (Å²) in [6.07, 6.45) is 5.23. The zero-order valence-electron chi connectivity index (χ0n) is 14.1. The van der Waals surface area contributed by atoms with Gasteiger partial charge in [-0.25, -0.2) is 0 Å². The van der Waals surface area contributed by atoms with Crippen LogP contribution >= 0.6 is 0 Å². The first kappa shape index (κ1) is 16.6. The summed E-state index contributed by atoms with van der Waals surface area (Å²) in [4.78, 5) is 16.1. The first-order chi connectivity index (χ1) is 12.2. The maximum Gasteiger partial charge on any atom is 0.251 e. The van der Waals surface area contributed by atoms with Crippen molar-refractivity contribution >= 4 is 5.91 Å². The van der Waals surface area contributed by atoms with E-state index in [9.17, 15) is 4.79 Å². The molecule has 0 bridgehead atoms. The third-order valence-corrected chi connectivity index (χ3v) is 3.60. The molecule has 0 spiro atoms. The van der Waals surface area contributed by atoms with Crippen molar-refractivity contribution in [1.29, 1.82) is 0 Å². The molecule has 128 valence electrons. The van der Waals surface area contributed by atoms with Crippen LogP contribution in [0.5, 0.6) is 5.75 Å². The van der Waals surface area contributed by atoms with Gasteiger partial charge < -0.3 is 10.1 Å². The molecule has 7 nitrogen and oxygen atoms in total. The van der Waals surface area contributed by atoms with E-state index in [-0.39, 0.29) is 5.91 Å². The Hall–Kier alpha value is -3.22. The molecule has 1 amide bonds. The molecule has 0 radical (unpaired) electrons. The summed E-state index contributed by atoms with van der Waals surface area (Å²) >= 11 is 0. The van der Waals surface area contributed by atoms with Crippen molar-refractivity contribution < 1.29 is 9.53 Å². The Bertz CT molecular complexity index is 861. The lowest BCUT2D eigenvalue weighted by Crippen LogP contribution is -2.22. The van der Waals surface area contributed by atoms with Crippen molar-refractivity contribution in [2.75, 3.05) is 6.54 Å². The number of benzene rings is 1. The zero-order chi connectivity index (χ0) is 17.6. The number of aryl methyl sites for hydroxylation is 1. The van der Waals surface area contributed by atoms with Gasteiger partial charge in [0.05, 0.1) is 6.20 Å². The number of pyridine rings is 1. The van der Waals surface area contributed by atoms with Gasteiger partial charge in [0.15, 0.2) is 0 Å². The van der Waals surface area contributed by atoms with E-state index in [1.165, 1.54) is 0 Å². The van der Waals surface area contributed by atoms with E-state index in [0.29, 0.717) is 30.2 Å². The third-order valence-electron chi connectivity index (χ3n) is 3.60. The lowest BCUT2D eigenvalue weighted by atomic mass is 10.1. The highest BCUT2D eigenvalue weighted by atomic mass is 16.5. The third kappa shape index (κ3) is 4.00. The van der Waals surface area contributed by atoms with Crippen molar-refractivity contribution in [1.82, 2.24) is 25.3 Å². The average molecular weight is 337 g/mol. The van der Waals surface area contributed by atoms with E-state index in [1.807, 2.05) is 19.1 Å². The molecule has 0 aliphatic carbocycles. The Labute approximate surface area is 145 Å². The van der Waals surface area contributed by atoms with Crippen LogP contribution < -0.4 is 10.1 Å². The van der Waals surface area contributed by atoms with E-state index in [0.717, 1.165) is 11.1 Å². The summed E-state index contributed by atoms with van der Waals surface area (Å²) in [7, 11) is 1.79. The fourth-order valence-corrected chi connectivity index (χ4v) is 2.37. The Morgan fingerprint density at radius 1 is 1.24 bits per heavy atom. The first-order valence-electron chi connectivity index (χ1n) is 7.98. The molecule has 1 N–H and O–H groups in total. The summed E-state index contributed by atoms with van der Waals surface area (Å²) in [6, 6.07) is 9.09. The molecule has 1 aromatic carbocycles. The number of hydrogen-bond acceptors (Lipinski definition) is 5. The van der Waals surface area contributed by atoms with Gasteiger partial charge >= 0.3 is 0 Å². The monoisotopic (exact) mass is 337 g/mol. The number of rotatable bonds is 6. The highest BCUT2D eigenvalue weighted by Crippen LogP contribution is 2.30. The molecule has 0 unspecified atom stereocenters. The standard InChI is InChI=1S/C18H19N5O2/c1-3-20-18(24)14-4-5-17(25-12-13-6-8-19-9-7-13)15(10-14)16-11-23(2)22-21-16/h4-11H,3,12H2,1-2H3,(H,20,24). The Morgan fingerprint density at radius 2 is 2.04 bits per heavy atom. The van der Waals surface area contributed by atoms with Crippen molar-refractivity contribution in [2.24, 2.45) is 7.05 Å². The van der Waals surface area contributed by atoms with E-state index in [2.05, 4.69) is 20.6 Å². The molecule has 3 rings (SSSR count). The zero-order valence-corrected chi connectivity index (χ0v) is 14.1. The van der Waals surface area contributed by atoms with Crippen LogP contribution in [0.4, 0.5) is 0 Å². The van der Waals surface area contributed by atoms with Gasteiger partial charge in [-0.2, -0.15) is 0 Å². The number of nitrogens with one attached hydrogen (secondary N) is 1. The van der Waals surface area contributed by atoms with Crippen LogP contribution in [0, 0.1) is 0 Å². The summed E-state index contributed by atoms with van der Waals surface area (Å²) < 4.78 is 7.56. The van der Waals surface area contributed by atoms with Gasteiger partial charge in [0, 0.05) is 37.1 Å². The summed E-state index contributed by atoms with van der Waals surface area (Å²) in [5.41, 5.74) is 2.94. The van der Waals surface area contributed by atoms with Crippen LogP contribution in [0.15, 0.2) is 48.9 Å². The summed E-state index contributed by atoms with van der Waals surface area (Å²) in [5, 5.41) is 10.9. The number of nitrogens with zero attached hydrogens (tertiary/aromatic N) is 4. The second kappa shape index (κ2) is 7.57. The van der Waals surface area contributed by atoms with Crippen LogP contribution in [0.3, 0.4) is 0 Å². The Kier molecular flexibility index (Phi) is 5.03. The molecule has 0 saturated heterocycles. The van der Waals surface area contributed by atoms with Crippen LogP contribution in [0.2, 0.25) is 0 Å². The van der Waals surface area contributed by atoms with Crippen molar-refractivity contribution in [3.63, 3.8) is 0 Å². The second-order valence-corrected chi connectivity index (χ2v) is 5.49. The Balaban J connectivity index is 1.91. The van der Waals surface area contributed by atoms with Gasteiger partial charge in [-0.3, -0.25) is 14.5 Å². The fraction of sp³-hybridized carbons (Fsp3) is 0.222. The van der Waals surface area contributed by atoms with Crippen LogP contribution in [0.1, 0.15) is 22.8 Å². The van der Waals surface area contributed by atoms with Crippen molar-refractivity contribution in [3.05, 3.63) is 60.0 Å². The van der Waals surface area contributed by atoms with Gasteiger partial charge in [0.25, 0.3) is 5.91 Å². The largest absolute Gasteiger partial charge is 0.488 e. The number of ether oxygens (including phenoxy) is 1. The molecule has 0 saturated carbocycles. The number of aromatic nitrogens is 4. The second-order valence-electron chi connectivity index (χ2n) is 5.49. The average Bonchev–Trinajstić information content (AvgIpc) is 3.07. The highest BCUT2D eigenvalue weighted by Gasteiger charge is 2.14. The molecule has 0 aliphatic rings. The molecule has 3 aromatic rings. The molecule has 2 aromatic heterocycles. The number of amides is 1. The predicted molar refractivity (Wildman–Crippen MR) is 93.0 cm³/mol. The molecule has 2 heterocycles. The quantitative estimate of drug-likeness (QED) is 0.746. The fourth-order valence-electron chi connectivity index (χ4n) is 2.37. The minimum Gasteiger partial charge on any atom is -0.488 e. The van der Waals surface area contributed by atoms with Gasteiger partial charge in [-0.1, -0.05) is 5.21 Å². The molecule has 0 atom stereocenters. The van der Waals surface area contributed by atoms with Crippen molar-refractivity contribution in [2.45, 2.75) is 13.5 Å².